The van der Waals surface area contributed by atoms with Crippen molar-refractivity contribution in [3.05, 3.63) is 46.1 Å². The molecule has 56 heavy (non-hydrogen) atoms. The van der Waals surface area contributed by atoms with Gasteiger partial charge in [-0.1, -0.05) is 0 Å². The maximum atomic E-state index is 5.75. The summed E-state index contributed by atoms with van der Waals surface area (Å²) in [6.07, 6.45) is 14.5. The molecular weight excluding hydrogens is 697 g/mol. The zero-order valence-corrected chi connectivity index (χ0v) is 32.9. The van der Waals surface area contributed by atoms with Gasteiger partial charge in [-0.25, -0.2) is 29.9 Å². The van der Waals surface area contributed by atoms with Crippen molar-refractivity contribution >= 4 is 11.3 Å². The fourth-order valence-electron chi connectivity index (χ4n) is 15.0. The van der Waals surface area contributed by atoms with Gasteiger partial charge in [0.1, 0.15) is 46.2 Å². The highest BCUT2D eigenvalue weighted by Crippen LogP contribution is 2.56. The van der Waals surface area contributed by atoms with Gasteiger partial charge < -0.3 is 31.2 Å². The van der Waals surface area contributed by atoms with Gasteiger partial charge in [-0.2, -0.15) is 0 Å². The Bertz CT molecular complexity index is 2090. The Morgan fingerprint density at radius 3 is 1.59 bits per heavy atom. The van der Waals surface area contributed by atoms with E-state index in [9.17, 15) is 0 Å². The molecule has 2 aromatic heterocycles. The largest absolute Gasteiger partial charge is 0.331 e. The van der Waals surface area contributed by atoms with Crippen LogP contribution in [0.15, 0.2) is 0 Å². The van der Waals surface area contributed by atoms with Gasteiger partial charge in [-0.3, -0.25) is 0 Å². The summed E-state index contributed by atoms with van der Waals surface area (Å²) < 4.78 is 0. The molecule has 0 radical (unpaired) electrons. The average Bonchev–Trinajstić information content (AvgIpc) is 3.99. The lowest BCUT2D eigenvalue weighted by Gasteiger charge is -2.43. The van der Waals surface area contributed by atoms with Gasteiger partial charge in [-0.05, 0) is 164 Å². The third kappa shape index (κ3) is 5.16. The standard InChI is InChI=1S/C44H60N12/c1-5-25-33(29-17-45-13-9-21(1)29)41-49-37(25)53-42-34-26(6-2-22-10-14-46-18-30(22)34)39(50-42)55-44-36-28(8-4-24-12-16-48-20-32(24)36)40(52-44)56-43-35-27(38(51-43)54-41)7-3-23-11-15-47-19-31(23)35/h21-27,29-35,45-48,52H,1-20H2,(H,49,50,51,53,54,55,56). The van der Waals surface area contributed by atoms with Crippen molar-refractivity contribution in [2.75, 3.05) is 52.4 Å². The molecule has 14 atom stereocenters. The summed E-state index contributed by atoms with van der Waals surface area (Å²) in [5.74, 6) is 13.2. The molecule has 7 aliphatic heterocycles. The third-order valence-electron chi connectivity index (χ3n) is 17.7. The molecule has 9 heterocycles. The molecule has 12 nitrogen and oxygen atoms in total. The predicted molar refractivity (Wildman–Crippen MR) is 213 cm³/mol. The Hall–Kier alpha value is -3.06. The molecule has 8 bridgehead atoms. The number of nitrogens with zero attached hydrogens (tertiary/aromatic N) is 6. The number of aryl methyl sites for hydroxylation is 1. The van der Waals surface area contributed by atoms with Crippen LogP contribution >= 0.6 is 0 Å². The van der Waals surface area contributed by atoms with Gasteiger partial charge in [0.2, 0.25) is 0 Å². The van der Waals surface area contributed by atoms with Crippen molar-refractivity contribution in [3.8, 4) is 0 Å². The number of hydrogen-bond acceptors (Lipinski definition) is 10. The molecule has 7 fully saturated rings. The molecule has 2 aromatic rings. The molecule has 11 aliphatic rings. The van der Waals surface area contributed by atoms with Gasteiger partial charge in [0, 0.05) is 59.1 Å². The molecule has 12 heteroatoms. The van der Waals surface area contributed by atoms with Crippen molar-refractivity contribution in [1.29, 1.82) is 0 Å². The monoisotopic (exact) mass is 757 g/mol. The summed E-state index contributed by atoms with van der Waals surface area (Å²) in [4.78, 5) is 42.0. The number of fused-ring (bicyclic) bond motifs is 28. The molecule has 0 amide bonds. The first-order valence-corrected chi connectivity index (χ1v) is 23.1. The molecular formula is C44H60N12. The van der Waals surface area contributed by atoms with Crippen LogP contribution in [-0.2, 0) is 6.42 Å². The second-order valence-electron chi connectivity index (χ2n) is 20.0. The normalized spacial score (nSPS) is 41.6. The van der Waals surface area contributed by atoms with Crippen LogP contribution < -0.4 is 21.3 Å². The number of hydrogen-bond donors (Lipinski definition) is 6. The number of H-pyrrole nitrogens is 2. The van der Waals surface area contributed by atoms with E-state index >= 15 is 0 Å². The molecule has 14 unspecified atom stereocenters. The zero-order valence-electron chi connectivity index (χ0n) is 32.9. The fourth-order valence-corrected chi connectivity index (χ4v) is 15.0. The van der Waals surface area contributed by atoms with Gasteiger partial charge in [0.15, 0.2) is 0 Å². The minimum absolute atomic E-state index is 0.292. The highest BCUT2D eigenvalue weighted by atomic mass is 15.1. The molecule has 3 saturated carbocycles. The Morgan fingerprint density at radius 2 is 0.911 bits per heavy atom. The lowest BCUT2D eigenvalue weighted by molar-refractivity contribution is 0.137. The van der Waals surface area contributed by atoms with Crippen LogP contribution in [0.1, 0.15) is 158 Å². The quantitative estimate of drug-likeness (QED) is 0.218. The van der Waals surface area contributed by atoms with E-state index < -0.39 is 0 Å². The summed E-state index contributed by atoms with van der Waals surface area (Å²) >= 11 is 0. The molecule has 4 saturated heterocycles. The third-order valence-corrected chi connectivity index (χ3v) is 17.7. The smallest absolute Gasteiger partial charge is 0.137 e. The Balaban J connectivity index is 1.07. The Labute approximate surface area is 329 Å². The number of rotatable bonds is 0. The molecule has 6 N–H and O–H groups in total. The number of piperidine rings is 4. The molecule has 0 aromatic carbocycles. The van der Waals surface area contributed by atoms with Crippen LogP contribution in [0.25, 0.3) is 11.3 Å². The van der Waals surface area contributed by atoms with Crippen LogP contribution in [0.5, 0.6) is 0 Å². The lowest BCUT2D eigenvalue weighted by Crippen LogP contribution is -2.44. The molecule has 0 spiro atoms. The first-order valence-electron chi connectivity index (χ1n) is 23.1. The van der Waals surface area contributed by atoms with E-state index in [2.05, 4.69) is 31.2 Å². The molecule has 4 aliphatic carbocycles. The first-order chi connectivity index (χ1) is 27.7. The Morgan fingerprint density at radius 1 is 0.375 bits per heavy atom. The zero-order chi connectivity index (χ0) is 36.5. The SMILES string of the molecule is C1CC2CCc3c(c4nc5nc(nc6[nH]c(nc7nc(nc3[nH]4)C3C7CCC4CCNCC43)C3C6CCC4CCNCC43)C3C5CCC4CCNCC43)C2CN1. The van der Waals surface area contributed by atoms with Crippen molar-refractivity contribution in [2.24, 2.45) is 41.4 Å². The van der Waals surface area contributed by atoms with E-state index in [1.807, 2.05) is 0 Å². The second-order valence-corrected chi connectivity index (χ2v) is 20.0. The van der Waals surface area contributed by atoms with Gasteiger partial charge >= 0.3 is 0 Å². The van der Waals surface area contributed by atoms with E-state index in [4.69, 9.17) is 29.9 Å². The van der Waals surface area contributed by atoms with Gasteiger partial charge in [0.25, 0.3) is 0 Å². The number of aromatic amines is 2. The summed E-state index contributed by atoms with van der Waals surface area (Å²) in [7, 11) is 0. The fraction of sp³-hybridized carbons (Fsp3) is 0.773. The maximum absolute atomic E-state index is 5.75. The van der Waals surface area contributed by atoms with E-state index in [-0.39, 0.29) is 0 Å². The van der Waals surface area contributed by atoms with Crippen LogP contribution in [0.3, 0.4) is 0 Å². The number of aromatic nitrogens is 8. The van der Waals surface area contributed by atoms with Crippen LogP contribution in [0, 0.1) is 41.4 Å². The highest BCUT2D eigenvalue weighted by molar-refractivity contribution is 5.68. The molecule has 296 valence electrons. The van der Waals surface area contributed by atoms with E-state index in [0.29, 0.717) is 65.1 Å². The minimum atomic E-state index is 0.292. The second kappa shape index (κ2) is 13.2. The van der Waals surface area contributed by atoms with Gasteiger partial charge in [0.05, 0.1) is 0 Å². The van der Waals surface area contributed by atoms with Crippen molar-refractivity contribution in [2.45, 2.75) is 118 Å². The van der Waals surface area contributed by atoms with Crippen LogP contribution in [0.4, 0.5) is 0 Å². The lowest BCUT2D eigenvalue weighted by atomic mass is 9.64. The summed E-state index contributed by atoms with van der Waals surface area (Å²) in [5, 5.41) is 15.1. The summed E-state index contributed by atoms with van der Waals surface area (Å²) in [6.45, 7) is 8.68. The Kier molecular flexibility index (Phi) is 8.00. The van der Waals surface area contributed by atoms with Gasteiger partial charge in [-0.15, -0.1) is 0 Å². The highest BCUT2D eigenvalue weighted by Gasteiger charge is 2.51. The average molecular weight is 757 g/mol. The van der Waals surface area contributed by atoms with E-state index in [0.717, 1.165) is 136 Å². The van der Waals surface area contributed by atoms with E-state index in [1.165, 1.54) is 68.9 Å². The first kappa shape index (κ1) is 33.9. The summed E-state index contributed by atoms with van der Waals surface area (Å²) in [5.41, 5.74) is 4.81. The summed E-state index contributed by atoms with van der Waals surface area (Å²) in [6, 6.07) is 0. The van der Waals surface area contributed by atoms with Crippen LogP contribution in [-0.4, -0.2) is 92.2 Å². The molecule has 13 rings (SSSR count). The van der Waals surface area contributed by atoms with Crippen LogP contribution in [0.2, 0.25) is 0 Å². The maximum Gasteiger partial charge on any atom is 0.137 e. The van der Waals surface area contributed by atoms with Crippen molar-refractivity contribution in [1.82, 2.24) is 61.1 Å². The predicted octanol–water partition coefficient (Wildman–Crippen LogP) is 4.92. The van der Waals surface area contributed by atoms with E-state index in [1.54, 1.807) is 0 Å². The number of nitrogens with one attached hydrogen (secondary N) is 6. The minimum Gasteiger partial charge on any atom is -0.331 e. The topological polar surface area (TPSA) is 157 Å². The van der Waals surface area contributed by atoms with Crippen molar-refractivity contribution < 1.29 is 0 Å². The van der Waals surface area contributed by atoms with Crippen molar-refractivity contribution in [3.63, 3.8) is 0 Å².